The molecule has 0 aliphatic carbocycles. The van der Waals surface area contributed by atoms with Crippen LogP contribution in [-0.2, 0) is 18.0 Å². The summed E-state index contributed by atoms with van der Waals surface area (Å²) in [6, 6.07) is 0. The van der Waals surface area contributed by atoms with Crippen LogP contribution in [0.2, 0.25) is 0 Å². The number of rotatable bonds is 13. The maximum Gasteiger partial charge on any atom is 0.481 e. The zero-order chi connectivity index (χ0) is 22.7. The van der Waals surface area contributed by atoms with Gasteiger partial charge in [0, 0.05) is 0 Å². The summed E-state index contributed by atoms with van der Waals surface area (Å²) in [6.07, 6.45) is 10.6. The standard InChI is InChI=1S/C20H36O7P2/c1-16(2)9-7-11-18(5)13-14-20(15-19(6)12-8-10-17(3)4)26-29(24,25)27-28(21,22)23/h9-10,13,15,20H,7-8,11-12,14H2,1-6H3,(H,24,25)(H2,21,22,23). The fourth-order valence-corrected chi connectivity index (χ4v) is 4.18. The molecule has 0 aromatic heterocycles. The summed E-state index contributed by atoms with van der Waals surface area (Å²) in [6.45, 7) is 11.9. The van der Waals surface area contributed by atoms with E-state index in [4.69, 9.17) is 14.3 Å². The third-order valence-corrected chi connectivity index (χ3v) is 6.04. The van der Waals surface area contributed by atoms with Gasteiger partial charge in [-0.1, -0.05) is 46.6 Å². The molecule has 0 spiro atoms. The van der Waals surface area contributed by atoms with Gasteiger partial charge < -0.3 is 14.7 Å². The second-order valence-electron chi connectivity index (χ2n) is 7.62. The van der Waals surface area contributed by atoms with Crippen molar-refractivity contribution in [2.24, 2.45) is 0 Å². The Morgan fingerprint density at radius 3 is 1.76 bits per heavy atom. The normalized spacial score (nSPS) is 16.2. The number of allylic oxidation sites excluding steroid dienone is 6. The van der Waals surface area contributed by atoms with Crippen LogP contribution in [0.15, 0.2) is 46.6 Å². The van der Waals surface area contributed by atoms with Gasteiger partial charge in [-0.25, -0.2) is 9.13 Å². The highest BCUT2D eigenvalue weighted by molar-refractivity contribution is 7.60. The molecule has 0 aliphatic rings. The van der Waals surface area contributed by atoms with Crippen LogP contribution in [0.4, 0.5) is 0 Å². The van der Waals surface area contributed by atoms with E-state index in [9.17, 15) is 14.0 Å². The monoisotopic (exact) mass is 450 g/mol. The quantitative estimate of drug-likeness (QED) is 0.221. The van der Waals surface area contributed by atoms with Crippen LogP contribution in [-0.4, -0.2) is 20.8 Å². The first-order chi connectivity index (χ1) is 13.2. The molecule has 168 valence electrons. The highest BCUT2D eigenvalue weighted by Gasteiger charge is 2.34. The van der Waals surface area contributed by atoms with Gasteiger partial charge in [-0.2, -0.15) is 4.31 Å². The van der Waals surface area contributed by atoms with E-state index >= 15 is 0 Å². The highest BCUT2D eigenvalue weighted by atomic mass is 31.3. The summed E-state index contributed by atoms with van der Waals surface area (Å²) in [4.78, 5) is 27.3. The van der Waals surface area contributed by atoms with Gasteiger partial charge in [0.2, 0.25) is 0 Å². The lowest BCUT2D eigenvalue weighted by Gasteiger charge is -2.18. The fourth-order valence-electron chi connectivity index (χ4n) is 2.46. The molecule has 0 aromatic rings. The van der Waals surface area contributed by atoms with Crippen molar-refractivity contribution in [3.05, 3.63) is 46.6 Å². The second kappa shape index (κ2) is 13.5. The van der Waals surface area contributed by atoms with Crippen LogP contribution in [0.3, 0.4) is 0 Å². The van der Waals surface area contributed by atoms with Gasteiger partial charge >= 0.3 is 15.6 Å². The molecule has 2 atom stereocenters. The van der Waals surface area contributed by atoms with E-state index in [1.807, 2.05) is 47.6 Å². The Labute approximate surface area is 175 Å². The molecule has 2 unspecified atom stereocenters. The SMILES string of the molecule is CC(C)=CCCC(C)=CCC(C=C(C)CCC=C(C)C)OP(=O)(O)OP(=O)(O)O. The summed E-state index contributed by atoms with van der Waals surface area (Å²) in [5.41, 5.74) is 4.48. The molecule has 0 radical (unpaired) electrons. The van der Waals surface area contributed by atoms with Gasteiger partial charge in [0.25, 0.3) is 0 Å². The van der Waals surface area contributed by atoms with E-state index < -0.39 is 21.7 Å². The van der Waals surface area contributed by atoms with Crippen molar-refractivity contribution < 1.29 is 32.6 Å². The van der Waals surface area contributed by atoms with E-state index in [2.05, 4.69) is 16.5 Å². The first kappa shape index (κ1) is 28.2. The van der Waals surface area contributed by atoms with Gasteiger partial charge in [-0.05, 0) is 73.6 Å². The summed E-state index contributed by atoms with van der Waals surface area (Å²) >= 11 is 0. The van der Waals surface area contributed by atoms with Gasteiger partial charge in [0.05, 0.1) is 6.10 Å². The third-order valence-electron chi connectivity index (χ3n) is 3.83. The molecule has 0 fully saturated rings. The van der Waals surface area contributed by atoms with Crippen LogP contribution < -0.4 is 0 Å². The summed E-state index contributed by atoms with van der Waals surface area (Å²) < 4.78 is 31.9. The second-order valence-corrected chi connectivity index (χ2v) is 10.4. The Morgan fingerprint density at radius 1 is 0.828 bits per heavy atom. The Bertz CT molecular complexity index is 721. The molecule has 0 rings (SSSR count). The molecule has 9 heteroatoms. The van der Waals surface area contributed by atoms with Crippen LogP contribution in [0, 0.1) is 0 Å². The molecule has 0 heterocycles. The number of phosphoric acid groups is 2. The summed E-state index contributed by atoms with van der Waals surface area (Å²) in [7, 11) is -10.1. The molecule has 0 bridgehead atoms. The largest absolute Gasteiger partial charge is 0.481 e. The lowest BCUT2D eigenvalue weighted by atomic mass is 10.0. The van der Waals surface area contributed by atoms with E-state index in [0.717, 1.165) is 36.8 Å². The lowest BCUT2D eigenvalue weighted by molar-refractivity contribution is 0.151. The Hall–Kier alpha value is -0.780. The minimum absolute atomic E-state index is 0.287. The van der Waals surface area contributed by atoms with E-state index in [0.29, 0.717) is 0 Å². The van der Waals surface area contributed by atoms with Crippen molar-refractivity contribution in [1.82, 2.24) is 0 Å². The first-order valence-electron chi connectivity index (χ1n) is 9.58. The first-order valence-corrected chi connectivity index (χ1v) is 12.6. The van der Waals surface area contributed by atoms with Gasteiger partial charge in [0.15, 0.2) is 0 Å². The van der Waals surface area contributed by atoms with Crippen molar-refractivity contribution in [3.63, 3.8) is 0 Å². The zero-order valence-electron chi connectivity index (χ0n) is 18.3. The van der Waals surface area contributed by atoms with Crippen molar-refractivity contribution >= 4 is 15.6 Å². The van der Waals surface area contributed by atoms with Crippen molar-refractivity contribution in [3.8, 4) is 0 Å². The molecule has 3 N–H and O–H groups in total. The van der Waals surface area contributed by atoms with E-state index in [-0.39, 0.29) is 6.42 Å². The van der Waals surface area contributed by atoms with Crippen LogP contribution in [0.1, 0.15) is 73.6 Å². The predicted octanol–water partition coefficient (Wildman–Crippen LogP) is 6.36. The smallest absolute Gasteiger partial charge is 0.302 e. The third kappa shape index (κ3) is 17.8. The highest BCUT2D eigenvalue weighted by Crippen LogP contribution is 2.58. The fraction of sp³-hybridized carbons (Fsp3) is 0.600. The predicted molar refractivity (Wildman–Crippen MR) is 117 cm³/mol. The van der Waals surface area contributed by atoms with Gasteiger partial charge in [0.1, 0.15) is 0 Å². The summed E-state index contributed by atoms with van der Waals surface area (Å²) in [5.74, 6) is 0. The topological polar surface area (TPSA) is 113 Å². The molecule has 0 saturated heterocycles. The number of hydrogen-bond donors (Lipinski definition) is 3. The molecular formula is C20H36O7P2. The Morgan fingerprint density at radius 2 is 1.31 bits per heavy atom. The van der Waals surface area contributed by atoms with Gasteiger partial charge in [-0.15, -0.1) is 0 Å². The minimum Gasteiger partial charge on any atom is -0.302 e. The van der Waals surface area contributed by atoms with Crippen molar-refractivity contribution in [1.29, 1.82) is 0 Å². The van der Waals surface area contributed by atoms with Crippen LogP contribution in [0.5, 0.6) is 0 Å². The molecule has 0 saturated carbocycles. The van der Waals surface area contributed by atoms with Crippen molar-refractivity contribution in [2.45, 2.75) is 79.8 Å². The zero-order valence-corrected chi connectivity index (χ0v) is 20.1. The molecule has 7 nitrogen and oxygen atoms in total. The van der Waals surface area contributed by atoms with Crippen molar-refractivity contribution in [2.75, 3.05) is 0 Å². The number of phosphoric ester groups is 1. The van der Waals surface area contributed by atoms with Crippen LogP contribution in [0.25, 0.3) is 0 Å². The molecule has 0 aliphatic heterocycles. The van der Waals surface area contributed by atoms with E-state index in [1.54, 1.807) is 6.08 Å². The average molecular weight is 450 g/mol. The molecular weight excluding hydrogens is 414 g/mol. The Kier molecular flexibility index (Phi) is 13.1. The average Bonchev–Trinajstić information content (AvgIpc) is 2.49. The van der Waals surface area contributed by atoms with Crippen LogP contribution >= 0.6 is 15.6 Å². The molecule has 0 aromatic carbocycles. The van der Waals surface area contributed by atoms with Gasteiger partial charge in [-0.3, -0.25) is 4.52 Å². The maximum absolute atomic E-state index is 12.0. The molecule has 29 heavy (non-hydrogen) atoms. The minimum atomic E-state index is -5.16. The maximum atomic E-state index is 12.0. The van der Waals surface area contributed by atoms with E-state index in [1.165, 1.54) is 11.1 Å². The Balaban J connectivity index is 5.27. The lowest BCUT2D eigenvalue weighted by Crippen LogP contribution is -2.09. The summed E-state index contributed by atoms with van der Waals surface area (Å²) in [5, 5.41) is 0. The number of hydrogen-bond acceptors (Lipinski definition) is 4. The molecule has 0 amide bonds.